The van der Waals surface area contributed by atoms with Gasteiger partial charge in [0.2, 0.25) is 0 Å². The lowest BCUT2D eigenvalue weighted by Gasteiger charge is -2.29. The minimum atomic E-state index is -0.263. The third-order valence-corrected chi connectivity index (χ3v) is 6.57. The number of carbonyl (C=O) groups is 2. The molecule has 1 aliphatic heterocycles. The molecule has 2 aromatic rings. The van der Waals surface area contributed by atoms with Crippen molar-refractivity contribution in [1.82, 2.24) is 9.88 Å². The maximum absolute atomic E-state index is 12.7. The lowest BCUT2D eigenvalue weighted by atomic mass is 9.79. The van der Waals surface area contributed by atoms with Crippen molar-refractivity contribution < 1.29 is 19.1 Å². The molecule has 0 radical (unpaired) electrons. The Morgan fingerprint density at radius 1 is 1.19 bits per heavy atom. The Morgan fingerprint density at radius 2 is 1.96 bits per heavy atom. The number of aromatic nitrogens is 1. The molecule has 2 aliphatic rings. The minimum absolute atomic E-state index is 0.0853. The highest BCUT2D eigenvalue weighted by Crippen LogP contribution is 2.41. The van der Waals surface area contributed by atoms with E-state index in [0.717, 1.165) is 40.9 Å². The molecule has 7 heteroatoms. The SMILES string of the molecule is O=C(OCC(=O)N1CCOCC1)[C@@H]1CCCC[C@@H]1c1nc2ccccc2s1. The van der Waals surface area contributed by atoms with E-state index in [-0.39, 0.29) is 30.3 Å². The van der Waals surface area contributed by atoms with Gasteiger partial charge in [0.15, 0.2) is 6.61 Å². The number of hydrogen-bond acceptors (Lipinski definition) is 6. The fourth-order valence-electron chi connectivity index (χ4n) is 3.90. The Labute approximate surface area is 162 Å². The summed E-state index contributed by atoms with van der Waals surface area (Å²) in [4.78, 5) is 31.4. The van der Waals surface area contributed by atoms with Crippen LogP contribution in [-0.4, -0.2) is 54.7 Å². The molecular formula is C20H24N2O4S. The number of nitrogens with zero attached hydrogens (tertiary/aromatic N) is 2. The zero-order valence-corrected chi connectivity index (χ0v) is 16.1. The predicted molar refractivity (Wildman–Crippen MR) is 103 cm³/mol. The fraction of sp³-hybridized carbons (Fsp3) is 0.550. The highest BCUT2D eigenvalue weighted by atomic mass is 32.1. The monoisotopic (exact) mass is 388 g/mol. The number of amides is 1. The van der Waals surface area contributed by atoms with E-state index in [1.807, 2.05) is 18.2 Å². The number of morpholine rings is 1. The topological polar surface area (TPSA) is 68.7 Å². The van der Waals surface area contributed by atoms with Crippen LogP contribution in [0, 0.1) is 5.92 Å². The highest BCUT2D eigenvalue weighted by molar-refractivity contribution is 7.18. The number of fused-ring (bicyclic) bond motifs is 1. The molecule has 0 N–H and O–H groups in total. The summed E-state index contributed by atoms with van der Waals surface area (Å²) in [6.45, 7) is 2.04. The Kier molecular flexibility index (Phi) is 5.69. The summed E-state index contributed by atoms with van der Waals surface area (Å²) in [5.41, 5.74) is 0.984. The van der Waals surface area contributed by atoms with Gasteiger partial charge in [-0.3, -0.25) is 9.59 Å². The van der Waals surface area contributed by atoms with Crippen molar-refractivity contribution in [2.75, 3.05) is 32.9 Å². The van der Waals surface area contributed by atoms with Crippen LogP contribution < -0.4 is 0 Å². The summed E-state index contributed by atoms with van der Waals surface area (Å²) in [6.07, 6.45) is 3.85. The van der Waals surface area contributed by atoms with E-state index in [1.165, 1.54) is 0 Å². The van der Waals surface area contributed by atoms with Gasteiger partial charge in [0.1, 0.15) is 0 Å². The van der Waals surface area contributed by atoms with Crippen LogP contribution in [0.4, 0.5) is 0 Å². The standard InChI is InChI=1S/C20H24N2O4S/c23-18(22-9-11-25-12-10-22)13-26-20(24)15-6-2-1-5-14(15)19-21-16-7-3-4-8-17(16)27-19/h3-4,7-8,14-15H,1-2,5-6,9-13H2/t14-,15+/m0/s1. The number of esters is 1. The van der Waals surface area contributed by atoms with Crippen LogP contribution in [0.15, 0.2) is 24.3 Å². The third kappa shape index (κ3) is 4.14. The van der Waals surface area contributed by atoms with Crippen LogP contribution >= 0.6 is 11.3 Å². The number of para-hydroxylation sites is 1. The van der Waals surface area contributed by atoms with Gasteiger partial charge >= 0.3 is 5.97 Å². The number of benzene rings is 1. The number of ether oxygens (including phenoxy) is 2. The molecule has 1 saturated heterocycles. The van der Waals surface area contributed by atoms with E-state index in [1.54, 1.807) is 16.2 Å². The van der Waals surface area contributed by atoms with E-state index in [0.29, 0.717) is 26.3 Å². The summed E-state index contributed by atoms with van der Waals surface area (Å²) < 4.78 is 11.8. The van der Waals surface area contributed by atoms with Gasteiger partial charge in [0.25, 0.3) is 5.91 Å². The van der Waals surface area contributed by atoms with Gasteiger partial charge < -0.3 is 14.4 Å². The number of carbonyl (C=O) groups excluding carboxylic acids is 2. The summed E-state index contributed by atoms with van der Waals surface area (Å²) in [5, 5.41) is 1.01. The van der Waals surface area contributed by atoms with Gasteiger partial charge in [0, 0.05) is 19.0 Å². The zero-order valence-electron chi connectivity index (χ0n) is 15.3. The second kappa shape index (κ2) is 8.35. The van der Waals surface area contributed by atoms with Crippen molar-refractivity contribution in [2.45, 2.75) is 31.6 Å². The first-order chi connectivity index (χ1) is 13.2. The molecule has 0 unspecified atom stereocenters. The number of rotatable bonds is 4. The first-order valence-corrected chi connectivity index (χ1v) is 10.4. The van der Waals surface area contributed by atoms with Gasteiger partial charge in [-0.05, 0) is 25.0 Å². The predicted octanol–water partition coefficient (Wildman–Crippen LogP) is 2.97. The number of hydrogen-bond donors (Lipinski definition) is 0. The molecule has 1 amide bonds. The molecule has 1 aliphatic carbocycles. The highest BCUT2D eigenvalue weighted by Gasteiger charge is 2.35. The van der Waals surface area contributed by atoms with Crippen LogP contribution in [0.25, 0.3) is 10.2 Å². The lowest BCUT2D eigenvalue weighted by molar-refractivity contribution is -0.158. The Hall–Kier alpha value is -1.99. The fourth-order valence-corrected chi connectivity index (χ4v) is 5.07. The van der Waals surface area contributed by atoms with E-state index >= 15 is 0 Å². The van der Waals surface area contributed by atoms with Gasteiger partial charge in [-0.2, -0.15) is 0 Å². The molecular weight excluding hydrogens is 364 g/mol. The molecule has 2 atom stereocenters. The van der Waals surface area contributed by atoms with Crippen LogP contribution in [0.2, 0.25) is 0 Å². The number of thiazole rings is 1. The Bertz CT molecular complexity index is 782. The maximum Gasteiger partial charge on any atom is 0.310 e. The van der Waals surface area contributed by atoms with Crippen LogP contribution in [0.5, 0.6) is 0 Å². The normalized spacial score (nSPS) is 23.3. The lowest BCUT2D eigenvalue weighted by Crippen LogP contribution is -2.43. The quantitative estimate of drug-likeness (QED) is 0.753. The first-order valence-electron chi connectivity index (χ1n) is 9.60. The maximum atomic E-state index is 12.7. The molecule has 0 spiro atoms. The Balaban J connectivity index is 1.42. The summed E-state index contributed by atoms with van der Waals surface area (Å²) >= 11 is 1.66. The first kappa shape index (κ1) is 18.4. The molecule has 4 rings (SSSR count). The molecule has 1 aromatic heterocycles. The van der Waals surface area contributed by atoms with Crippen molar-refractivity contribution in [2.24, 2.45) is 5.92 Å². The van der Waals surface area contributed by atoms with E-state index in [2.05, 4.69) is 6.07 Å². The van der Waals surface area contributed by atoms with E-state index in [9.17, 15) is 9.59 Å². The van der Waals surface area contributed by atoms with Crippen LogP contribution in [-0.2, 0) is 19.1 Å². The second-order valence-electron chi connectivity index (χ2n) is 7.12. The van der Waals surface area contributed by atoms with E-state index < -0.39 is 0 Å². The van der Waals surface area contributed by atoms with Gasteiger partial charge in [0.05, 0.1) is 34.4 Å². The second-order valence-corrected chi connectivity index (χ2v) is 8.18. The average Bonchev–Trinajstić information content (AvgIpc) is 3.16. The molecule has 0 bridgehead atoms. The molecule has 2 heterocycles. The average molecular weight is 388 g/mol. The minimum Gasteiger partial charge on any atom is -0.455 e. The molecule has 6 nitrogen and oxygen atoms in total. The largest absolute Gasteiger partial charge is 0.455 e. The van der Waals surface area contributed by atoms with E-state index in [4.69, 9.17) is 14.5 Å². The Morgan fingerprint density at radius 3 is 2.78 bits per heavy atom. The third-order valence-electron chi connectivity index (χ3n) is 5.40. The van der Waals surface area contributed by atoms with Gasteiger partial charge in [-0.25, -0.2) is 4.98 Å². The van der Waals surface area contributed by atoms with Crippen molar-refractivity contribution in [3.8, 4) is 0 Å². The molecule has 144 valence electrons. The van der Waals surface area contributed by atoms with Crippen molar-refractivity contribution >= 4 is 33.4 Å². The van der Waals surface area contributed by atoms with Crippen LogP contribution in [0.3, 0.4) is 0 Å². The molecule has 2 fully saturated rings. The summed E-state index contributed by atoms with van der Waals surface area (Å²) in [5.74, 6) is -0.529. The van der Waals surface area contributed by atoms with Gasteiger partial charge in [-0.1, -0.05) is 25.0 Å². The summed E-state index contributed by atoms with van der Waals surface area (Å²) in [7, 11) is 0. The zero-order chi connectivity index (χ0) is 18.6. The molecule has 1 aromatic carbocycles. The summed E-state index contributed by atoms with van der Waals surface area (Å²) in [6, 6.07) is 8.06. The van der Waals surface area contributed by atoms with Crippen molar-refractivity contribution in [1.29, 1.82) is 0 Å². The smallest absolute Gasteiger partial charge is 0.310 e. The van der Waals surface area contributed by atoms with Crippen molar-refractivity contribution in [3.05, 3.63) is 29.3 Å². The van der Waals surface area contributed by atoms with Crippen LogP contribution in [0.1, 0.15) is 36.6 Å². The molecule has 27 heavy (non-hydrogen) atoms. The molecule has 1 saturated carbocycles. The van der Waals surface area contributed by atoms with Crippen molar-refractivity contribution in [3.63, 3.8) is 0 Å². The van der Waals surface area contributed by atoms with Gasteiger partial charge in [-0.15, -0.1) is 11.3 Å².